The van der Waals surface area contributed by atoms with Crippen LogP contribution < -0.4 is 9.47 Å². The van der Waals surface area contributed by atoms with Crippen LogP contribution in [0.2, 0.25) is 0 Å². The van der Waals surface area contributed by atoms with Gasteiger partial charge in [-0.1, -0.05) is 5.16 Å². The summed E-state index contributed by atoms with van der Waals surface area (Å²) in [6.07, 6.45) is 3.53. The molecule has 128 valence electrons. The number of ether oxygens (including phenoxy) is 2. The van der Waals surface area contributed by atoms with Gasteiger partial charge in [0.25, 0.3) is 5.91 Å². The number of benzene rings is 1. The highest BCUT2D eigenvalue weighted by Gasteiger charge is 2.27. The lowest BCUT2D eigenvalue weighted by Crippen LogP contribution is -2.41. The zero-order valence-corrected chi connectivity index (χ0v) is 14.0. The lowest BCUT2D eigenvalue weighted by atomic mass is 9.98. The van der Waals surface area contributed by atoms with E-state index in [-0.39, 0.29) is 5.91 Å². The molecule has 1 fully saturated rings. The Morgan fingerprint density at radius 2 is 2.08 bits per heavy atom. The van der Waals surface area contributed by atoms with Crippen molar-refractivity contribution in [2.45, 2.75) is 19.8 Å². The number of aromatic nitrogens is 1. The number of rotatable bonds is 5. The number of hydrogen-bond acceptors (Lipinski definition) is 5. The Kier molecular flexibility index (Phi) is 5.03. The number of carbonyl (C=O) groups excluding carboxylic acids is 1. The molecular weight excluding hydrogens is 308 g/mol. The quantitative estimate of drug-likeness (QED) is 0.843. The van der Waals surface area contributed by atoms with Crippen molar-refractivity contribution < 1.29 is 18.8 Å². The van der Waals surface area contributed by atoms with Crippen molar-refractivity contribution in [3.8, 4) is 11.5 Å². The van der Waals surface area contributed by atoms with Gasteiger partial charge in [0.1, 0.15) is 22.8 Å². The maximum Gasteiger partial charge on any atom is 0.259 e. The summed E-state index contributed by atoms with van der Waals surface area (Å²) in [6, 6.07) is 7.54. The van der Waals surface area contributed by atoms with Gasteiger partial charge in [-0.25, -0.2) is 0 Å². The molecule has 2 heterocycles. The Bertz CT molecular complexity index is 681. The first kappa shape index (κ1) is 16.4. The van der Waals surface area contributed by atoms with Crippen LogP contribution in [0.3, 0.4) is 0 Å². The van der Waals surface area contributed by atoms with Crippen molar-refractivity contribution in [1.82, 2.24) is 10.1 Å². The van der Waals surface area contributed by atoms with Gasteiger partial charge in [-0.15, -0.1) is 0 Å². The third-order valence-corrected chi connectivity index (χ3v) is 4.33. The van der Waals surface area contributed by atoms with Gasteiger partial charge < -0.3 is 18.9 Å². The molecule has 1 aromatic carbocycles. The normalized spacial score (nSPS) is 17.6. The van der Waals surface area contributed by atoms with Crippen LogP contribution in [0.1, 0.15) is 29.0 Å². The Morgan fingerprint density at radius 1 is 1.33 bits per heavy atom. The Labute approximate surface area is 141 Å². The number of likely N-dealkylation sites (tertiary alicyclic amines) is 1. The second-order valence-corrected chi connectivity index (χ2v) is 6.04. The molecule has 1 amide bonds. The number of carbonyl (C=O) groups is 1. The van der Waals surface area contributed by atoms with Gasteiger partial charge in [-0.3, -0.25) is 4.79 Å². The fourth-order valence-corrected chi connectivity index (χ4v) is 2.95. The van der Waals surface area contributed by atoms with E-state index in [0.717, 1.165) is 30.9 Å². The highest BCUT2D eigenvalue weighted by Crippen LogP contribution is 2.22. The van der Waals surface area contributed by atoms with E-state index in [2.05, 4.69) is 5.16 Å². The van der Waals surface area contributed by atoms with Gasteiger partial charge in [-0.05, 0) is 44.0 Å². The van der Waals surface area contributed by atoms with E-state index in [1.807, 2.05) is 29.2 Å². The molecule has 1 saturated heterocycles. The maximum atomic E-state index is 12.5. The minimum Gasteiger partial charge on any atom is -0.497 e. The zero-order valence-electron chi connectivity index (χ0n) is 14.0. The summed E-state index contributed by atoms with van der Waals surface area (Å²) in [5, 5.41) is 3.69. The van der Waals surface area contributed by atoms with Crippen LogP contribution in [0, 0.1) is 12.8 Å². The van der Waals surface area contributed by atoms with E-state index < -0.39 is 0 Å². The molecule has 6 heteroatoms. The van der Waals surface area contributed by atoms with E-state index in [1.165, 1.54) is 6.20 Å². The molecular formula is C18H22N2O4. The second kappa shape index (κ2) is 7.38. The highest BCUT2D eigenvalue weighted by molar-refractivity contribution is 5.94. The molecule has 1 aliphatic rings. The summed E-state index contributed by atoms with van der Waals surface area (Å²) in [5.41, 5.74) is 0.548. The summed E-state index contributed by atoms with van der Waals surface area (Å²) in [6.45, 7) is 3.81. The van der Waals surface area contributed by atoms with Crippen molar-refractivity contribution >= 4 is 5.91 Å². The molecule has 24 heavy (non-hydrogen) atoms. The summed E-state index contributed by atoms with van der Waals surface area (Å²) in [7, 11) is 1.64. The Morgan fingerprint density at radius 3 is 2.75 bits per heavy atom. The molecule has 0 radical (unpaired) electrons. The molecule has 1 atom stereocenters. The van der Waals surface area contributed by atoms with Crippen LogP contribution in [-0.2, 0) is 0 Å². The van der Waals surface area contributed by atoms with Crippen LogP contribution in [0.25, 0.3) is 0 Å². The van der Waals surface area contributed by atoms with Crippen LogP contribution in [0.15, 0.2) is 35.0 Å². The molecule has 0 aliphatic carbocycles. The van der Waals surface area contributed by atoms with E-state index in [4.69, 9.17) is 14.0 Å². The lowest BCUT2D eigenvalue weighted by molar-refractivity contribution is 0.0631. The second-order valence-electron chi connectivity index (χ2n) is 6.04. The van der Waals surface area contributed by atoms with Gasteiger partial charge in [0.15, 0.2) is 0 Å². The lowest BCUT2D eigenvalue weighted by Gasteiger charge is -2.32. The summed E-state index contributed by atoms with van der Waals surface area (Å²) < 4.78 is 16.0. The summed E-state index contributed by atoms with van der Waals surface area (Å²) in [5.74, 6) is 2.50. The number of nitrogens with zero attached hydrogens (tertiary/aromatic N) is 2. The minimum atomic E-state index is -0.0112. The molecule has 0 saturated carbocycles. The van der Waals surface area contributed by atoms with Gasteiger partial charge >= 0.3 is 0 Å². The molecule has 6 nitrogen and oxygen atoms in total. The van der Waals surface area contributed by atoms with E-state index >= 15 is 0 Å². The predicted molar refractivity (Wildman–Crippen MR) is 88.4 cm³/mol. The predicted octanol–water partition coefficient (Wildman–Crippen LogP) is 2.92. The van der Waals surface area contributed by atoms with Gasteiger partial charge in [0, 0.05) is 19.0 Å². The van der Waals surface area contributed by atoms with Crippen LogP contribution in [-0.4, -0.2) is 42.8 Å². The minimum absolute atomic E-state index is 0.0112. The van der Waals surface area contributed by atoms with Crippen molar-refractivity contribution in [2.24, 2.45) is 5.92 Å². The average molecular weight is 330 g/mol. The standard InChI is InChI=1S/C18H22N2O4/c1-13-17(10-19-24-13)18(21)20-9-3-4-14(11-20)12-23-16-7-5-15(22-2)6-8-16/h5-8,10,14H,3-4,9,11-12H2,1-2H3/t14-/m1/s1. The summed E-state index contributed by atoms with van der Waals surface area (Å²) >= 11 is 0. The third kappa shape index (κ3) is 3.69. The molecule has 3 rings (SSSR count). The van der Waals surface area contributed by atoms with Gasteiger partial charge in [-0.2, -0.15) is 0 Å². The van der Waals surface area contributed by atoms with Crippen molar-refractivity contribution in [3.63, 3.8) is 0 Å². The highest BCUT2D eigenvalue weighted by atomic mass is 16.5. The number of methoxy groups -OCH3 is 1. The van der Waals surface area contributed by atoms with Crippen molar-refractivity contribution in [3.05, 3.63) is 41.8 Å². The Hall–Kier alpha value is -2.50. The van der Waals surface area contributed by atoms with Crippen molar-refractivity contribution in [1.29, 1.82) is 0 Å². The summed E-state index contributed by atoms with van der Waals surface area (Å²) in [4.78, 5) is 14.4. The van der Waals surface area contributed by atoms with Crippen LogP contribution in [0.5, 0.6) is 11.5 Å². The first-order chi connectivity index (χ1) is 11.7. The fraction of sp³-hybridized carbons (Fsp3) is 0.444. The maximum absolute atomic E-state index is 12.5. The van der Waals surface area contributed by atoms with Crippen molar-refractivity contribution in [2.75, 3.05) is 26.8 Å². The van der Waals surface area contributed by atoms with Gasteiger partial charge in [0.2, 0.25) is 0 Å². The molecule has 0 bridgehead atoms. The largest absolute Gasteiger partial charge is 0.497 e. The molecule has 1 aliphatic heterocycles. The number of aryl methyl sites for hydroxylation is 1. The first-order valence-corrected chi connectivity index (χ1v) is 8.15. The SMILES string of the molecule is COc1ccc(OC[C@@H]2CCCN(C(=O)c3cnoc3C)C2)cc1. The van der Waals surface area contributed by atoms with E-state index in [1.54, 1.807) is 14.0 Å². The Balaban J connectivity index is 1.55. The molecule has 0 N–H and O–H groups in total. The van der Waals surface area contributed by atoms with Crippen LogP contribution >= 0.6 is 0 Å². The fourth-order valence-electron chi connectivity index (χ4n) is 2.95. The van der Waals surface area contributed by atoms with E-state index in [9.17, 15) is 4.79 Å². The van der Waals surface area contributed by atoms with Gasteiger partial charge in [0.05, 0.1) is 19.9 Å². The third-order valence-electron chi connectivity index (χ3n) is 4.33. The topological polar surface area (TPSA) is 64.8 Å². The van der Waals surface area contributed by atoms with E-state index in [0.29, 0.717) is 30.4 Å². The monoisotopic (exact) mass is 330 g/mol. The van der Waals surface area contributed by atoms with Crippen LogP contribution in [0.4, 0.5) is 0 Å². The number of amides is 1. The molecule has 2 aromatic rings. The molecule has 0 spiro atoms. The zero-order chi connectivity index (χ0) is 16.9. The number of piperidine rings is 1. The smallest absolute Gasteiger partial charge is 0.259 e. The molecule has 1 aromatic heterocycles. The molecule has 0 unspecified atom stereocenters. The first-order valence-electron chi connectivity index (χ1n) is 8.15. The average Bonchev–Trinajstić information content (AvgIpc) is 3.06. The number of hydrogen-bond donors (Lipinski definition) is 0.